The van der Waals surface area contributed by atoms with Gasteiger partial charge < -0.3 is 10.3 Å². The molecule has 0 radical (unpaired) electrons. The minimum Gasteiger partial charge on any atom is -0.334 e. The first-order valence-electron chi connectivity index (χ1n) is 5.50. The molecule has 0 bridgehead atoms. The lowest BCUT2D eigenvalue weighted by molar-refractivity contribution is 0.422. The van der Waals surface area contributed by atoms with Gasteiger partial charge in [-0.3, -0.25) is 0 Å². The minimum absolute atomic E-state index is 0.563. The number of rotatable bonds is 4. The van der Waals surface area contributed by atoms with Crippen LogP contribution in [-0.2, 0) is 6.42 Å². The third-order valence-corrected chi connectivity index (χ3v) is 3.37. The monoisotopic (exact) mass is 295 g/mol. The maximum Gasteiger partial charge on any atom is 0.257 e. The summed E-state index contributed by atoms with van der Waals surface area (Å²) in [6.45, 7) is 2.67. The standard InChI is InChI=1S/C12H14BrN3O/c1-8-7-9(4-5-10(8)13)12-15-11(16-17-12)3-2-6-14/h4-5,7H,2-3,6,14H2,1H3. The Kier molecular flexibility index (Phi) is 3.91. The molecule has 0 aliphatic heterocycles. The molecule has 0 amide bonds. The van der Waals surface area contributed by atoms with Gasteiger partial charge in [0, 0.05) is 16.5 Å². The highest BCUT2D eigenvalue weighted by molar-refractivity contribution is 9.10. The molecule has 0 atom stereocenters. The summed E-state index contributed by atoms with van der Waals surface area (Å²) in [7, 11) is 0. The van der Waals surface area contributed by atoms with Gasteiger partial charge in [0.1, 0.15) is 0 Å². The van der Waals surface area contributed by atoms with Gasteiger partial charge in [0.2, 0.25) is 0 Å². The summed E-state index contributed by atoms with van der Waals surface area (Å²) in [6, 6.07) is 5.95. The number of aryl methyl sites for hydroxylation is 2. The van der Waals surface area contributed by atoms with Gasteiger partial charge in [0.25, 0.3) is 5.89 Å². The van der Waals surface area contributed by atoms with Crippen molar-refractivity contribution < 1.29 is 4.52 Å². The second-order valence-corrected chi connectivity index (χ2v) is 4.73. The van der Waals surface area contributed by atoms with Crippen LogP contribution in [0.2, 0.25) is 0 Å². The van der Waals surface area contributed by atoms with Crippen LogP contribution in [0, 0.1) is 6.92 Å². The van der Waals surface area contributed by atoms with Crippen molar-refractivity contribution in [3.05, 3.63) is 34.1 Å². The zero-order valence-corrected chi connectivity index (χ0v) is 11.2. The molecule has 2 N–H and O–H groups in total. The summed E-state index contributed by atoms with van der Waals surface area (Å²) >= 11 is 3.46. The number of nitrogens with zero attached hydrogens (tertiary/aromatic N) is 2. The molecule has 1 aromatic carbocycles. The second kappa shape index (κ2) is 5.42. The summed E-state index contributed by atoms with van der Waals surface area (Å²) in [5, 5.41) is 3.93. The highest BCUT2D eigenvalue weighted by Crippen LogP contribution is 2.23. The van der Waals surface area contributed by atoms with E-state index in [-0.39, 0.29) is 0 Å². The molecule has 90 valence electrons. The summed E-state index contributed by atoms with van der Waals surface area (Å²) in [6.07, 6.45) is 1.63. The topological polar surface area (TPSA) is 64.9 Å². The van der Waals surface area contributed by atoms with Crippen molar-refractivity contribution in [1.29, 1.82) is 0 Å². The third kappa shape index (κ3) is 2.92. The number of hydrogen-bond acceptors (Lipinski definition) is 4. The number of halogens is 1. The fourth-order valence-corrected chi connectivity index (χ4v) is 1.76. The molecule has 5 heteroatoms. The van der Waals surface area contributed by atoms with Crippen LogP contribution in [0.4, 0.5) is 0 Å². The Labute approximate surface area is 108 Å². The van der Waals surface area contributed by atoms with Gasteiger partial charge in [-0.1, -0.05) is 21.1 Å². The van der Waals surface area contributed by atoms with E-state index in [0.29, 0.717) is 18.3 Å². The van der Waals surface area contributed by atoms with E-state index in [4.69, 9.17) is 10.3 Å². The Hall–Kier alpha value is -1.20. The van der Waals surface area contributed by atoms with Crippen LogP contribution >= 0.6 is 15.9 Å². The van der Waals surface area contributed by atoms with Gasteiger partial charge in [-0.25, -0.2) is 0 Å². The Morgan fingerprint density at radius 1 is 1.41 bits per heavy atom. The molecular weight excluding hydrogens is 282 g/mol. The zero-order chi connectivity index (χ0) is 12.3. The van der Waals surface area contributed by atoms with Crippen molar-refractivity contribution in [1.82, 2.24) is 10.1 Å². The Morgan fingerprint density at radius 2 is 2.24 bits per heavy atom. The van der Waals surface area contributed by atoms with E-state index in [9.17, 15) is 0 Å². The predicted octanol–water partition coefficient (Wildman–Crippen LogP) is 2.70. The van der Waals surface area contributed by atoms with Crippen molar-refractivity contribution in [2.75, 3.05) is 6.54 Å². The van der Waals surface area contributed by atoms with Crippen LogP contribution in [0.15, 0.2) is 27.2 Å². The van der Waals surface area contributed by atoms with Gasteiger partial charge in [0.05, 0.1) is 0 Å². The van der Waals surface area contributed by atoms with Crippen LogP contribution in [0.3, 0.4) is 0 Å². The molecule has 1 heterocycles. The van der Waals surface area contributed by atoms with Crippen LogP contribution in [-0.4, -0.2) is 16.7 Å². The quantitative estimate of drug-likeness (QED) is 0.942. The number of benzene rings is 1. The molecule has 0 spiro atoms. The first kappa shape index (κ1) is 12.3. The smallest absolute Gasteiger partial charge is 0.257 e. The second-order valence-electron chi connectivity index (χ2n) is 3.87. The van der Waals surface area contributed by atoms with E-state index in [1.807, 2.05) is 25.1 Å². The number of hydrogen-bond donors (Lipinski definition) is 1. The molecule has 0 saturated heterocycles. The maximum absolute atomic E-state index is 5.44. The first-order valence-corrected chi connectivity index (χ1v) is 6.29. The van der Waals surface area contributed by atoms with Crippen molar-refractivity contribution in [2.24, 2.45) is 5.73 Å². The van der Waals surface area contributed by atoms with Crippen LogP contribution in [0.5, 0.6) is 0 Å². The largest absolute Gasteiger partial charge is 0.334 e. The predicted molar refractivity (Wildman–Crippen MR) is 69.5 cm³/mol. The van der Waals surface area contributed by atoms with Crippen molar-refractivity contribution in [3.63, 3.8) is 0 Å². The van der Waals surface area contributed by atoms with E-state index < -0.39 is 0 Å². The van der Waals surface area contributed by atoms with E-state index in [2.05, 4.69) is 26.1 Å². The molecule has 0 aliphatic carbocycles. The third-order valence-electron chi connectivity index (χ3n) is 2.48. The highest BCUT2D eigenvalue weighted by atomic mass is 79.9. The molecule has 1 aromatic heterocycles. The average Bonchev–Trinajstić information content (AvgIpc) is 2.79. The zero-order valence-electron chi connectivity index (χ0n) is 9.61. The van der Waals surface area contributed by atoms with Gasteiger partial charge in [0.15, 0.2) is 5.82 Å². The first-order chi connectivity index (χ1) is 8.20. The molecule has 2 aromatic rings. The van der Waals surface area contributed by atoms with Gasteiger partial charge in [-0.15, -0.1) is 0 Å². The molecule has 0 aliphatic rings. The molecule has 2 rings (SSSR count). The molecular formula is C12H14BrN3O. The SMILES string of the molecule is Cc1cc(-c2nc(CCCN)no2)ccc1Br. The molecule has 17 heavy (non-hydrogen) atoms. The molecule has 0 unspecified atom stereocenters. The van der Waals surface area contributed by atoms with Gasteiger partial charge in [-0.2, -0.15) is 4.98 Å². The van der Waals surface area contributed by atoms with Crippen LogP contribution in [0.25, 0.3) is 11.5 Å². The maximum atomic E-state index is 5.44. The van der Waals surface area contributed by atoms with Crippen molar-refractivity contribution >= 4 is 15.9 Å². The molecule has 4 nitrogen and oxygen atoms in total. The van der Waals surface area contributed by atoms with E-state index in [1.165, 1.54) is 0 Å². The fourth-order valence-electron chi connectivity index (χ4n) is 1.51. The van der Waals surface area contributed by atoms with Crippen molar-refractivity contribution in [2.45, 2.75) is 19.8 Å². The Bertz CT molecular complexity index is 510. The normalized spacial score (nSPS) is 10.8. The minimum atomic E-state index is 0.563. The van der Waals surface area contributed by atoms with Gasteiger partial charge in [-0.05, 0) is 43.7 Å². The highest BCUT2D eigenvalue weighted by Gasteiger charge is 2.09. The summed E-state index contributed by atoms with van der Waals surface area (Å²) in [4.78, 5) is 4.34. The van der Waals surface area contributed by atoms with Gasteiger partial charge >= 0.3 is 0 Å². The van der Waals surface area contributed by atoms with E-state index >= 15 is 0 Å². The van der Waals surface area contributed by atoms with Crippen molar-refractivity contribution in [3.8, 4) is 11.5 Å². The summed E-state index contributed by atoms with van der Waals surface area (Å²) < 4.78 is 6.30. The Balaban J connectivity index is 2.21. The lowest BCUT2D eigenvalue weighted by Gasteiger charge is -1.99. The number of aromatic nitrogens is 2. The Morgan fingerprint density at radius 3 is 2.94 bits per heavy atom. The summed E-state index contributed by atoms with van der Waals surface area (Å²) in [5.74, 6) is 1.28. The van der Waals surface area contributed by atoms with E-state index in [0.717, 1.165) is 28.4 Å². The summed E-state index contributed by atoms with van der Waals surface area (Å²) in [5.41, 5.74) is 7.52. The lowest BCUT2D eigenvalue weighted by Crippen LogP contribution is -2.01. The lowest BCUT2D eigenvalue weighted by atomic mass is 10.1. The molecule has 0 saturated carbocycles. The van der Waals surface area contributed by atoms with Crippen LogP contribution < -0.4 is 5.73 Å². The molecule has 0 fully saturated rings. The average molecular weight is 296 g/mol. The van der Waals surface area contributed by atoms with E-state index in [1.54, 1.807) is 0 Å². The fraction of sp³-hybridized carbons (Fsp3) is 0.333. The number of nitrogens with two attached hydrogens (primary N) is 1. The van der Waals surface area contributed by atoms with Crippen LogP contribution in [0.1, 0.15) is 17.8 Å².